The van der Waals surface area contributed by atoms with E-state index in [1.54, 1.807) is 12.3 Å². The first-order valence-corrected chi connectivity index (χ1v) is 5.74. The van der Waals surface area contributed by atoms with Crippen molar-refractivity contribution < 1.29 is 9.26 Å². The van der Waals surface area contributed by atoms with Crippen molar-refractivity contribution in [1.29, 1.82) is 0 Å². The van der Waals surface area contributed by atoms with Gasteiger partial charge in [0.05, 0.1) is 6.20 Å². The third-order valence-corrected chi connectivity index (χ3v) is 3.11. The smallest absolute Gasteiger partial charge is 0.174 e. The quantitative estimate of drug-likeness (QED) is 0.878. The van der Waals surface area contributed by atoms with E-state index >= 15 is 0 Å². The number of benzene rings is 1. The summed E-state index contributed by atoms with van der Waals surface area (Å²) < 4.78 is 10.6. The number of aryl methyl sites for hydroxylation is 1. The minimum absolute atomic E-state index is 0.188. The summed E-state index contributed by atoms with van der Waals surface area (Å²) in [6.07, 6.45) is 3.68. The van der Waals surface area contributed by atoms with Crippen LogP contribution in [0.5, 0.6) is 5.75 Å². The van der Waals surface area contributed by atoms with Gasteiger partial charge in [-0.15, -0.1) is 0 Å². The number of rotatable bonds is 3. The van der Waals surface area contributed by atoms with Gasteiger partial charge in [0, 0.05) is 12.1 Å². The molecule has 0 saturated carbocycles. The highest BCUT2D eigenvalue weighted by Gasteiger charge is 2.19. The maximum Gasteiger partial charge on any atom is 0.174 e. The molecule has 0 saturated heterocycles. The standard InChI is InChI=1S/C13H14N2O2/c14-13-4-1-9-7-10(2-3-12(9)13)16-8-11-5-6-15-17-11/h2-3,5-7,13H,1,4,8,14H2/t13-/m1/s1. The topological polar surface area (TPSA) is 61.3 Å². The molecule has 2 N–H and O–H groups in total. The molecule has 0 aliphatic heterocycles. The maximum atomic E-state index is 5.98. The van der Waals surface area contributed by atoms with Gasteiger partial charge in [0.1, 0.15) is 12.4 Å². The molecule has 4 heteroatoms. The second kappa shape index (κ2) is 4.22. The van der Waals surface area contributed by atoms with Crippen LogP contribution in [0.15, 0.2) is 35.0 Å². The van der Waals surface area contributed by atoms with Crippen LogP contribution in [0.25, 0.3) is 0 Å². The van der Waals surface area contributed by atoms with Crippen LogP contribution in [0.1, 0.15) is 29.3 Å². The second-order valence-electron chi connectivity index (χ2n) is 4.27. The summed E-state index contributed by atoms with van der Waals surface area (Å²) in [5.74, 6) is 1.58. The molecule has 0 unspecified atom stereocenters. The third-order valence-electron chi connectivity index (χ3n) is 3.11. The molecule has 1 heterocycles. The van der Waals surface area contributed by atoms with Gasteiger partial charge in [0.2, 0.25) is 0 Å². The van der Waals surface area contributed by atoms with E-state index in [4.69, 9.17) is 15.0 Å². The fourth-order valence-electron chi connectivity index (χ4n) is 2.19. The monoisotopic (exact) mass is 230 g/mol. The first kappa shape index (κ1) is 10.4. The van der Waals surface area contributed by atoms with Gasteiger partial charge in [-0.1, -0.05) is 11.2 Å². The molecule has 3 rings (SSSR count). The van der Waals surface area contributed by atoms with E-state index in [1.165, 1.54) is 11.1 Å². The number of hydrogen-bond donors (Lipinski definition) is 1. The lowest BCUT2D eigenvalue weighted by molar-refractivity contribution is 0.249. The van der Waals surface area contributed by atoms with Crippen LogP contribution in [-0.4, -0.2) is 5.16 Å². The molecule has 1 aliphatic rings. The molecule has 2 aromatic rings. The van der Waals surface area contributed by atoms with E-state index in [0.29, 0.717) is 6.61 Å². The lowest BCUT2D eigenvalue weighted by atomic mass is 10.1. The van der Waals surface area contributed by atoms with E-state index in [9.17, 15) is 0 Å². The van der Waals surface area contributed by atoms with Crippen molar-refractivity contribution in [3.05, 3.63) is 47.3 Å². The molecule has 0 radical (unpaired) electrons. The van der Waals surface area contributed by atoms with Crippen molar-refractivity contribution in [2.45, 2.75) is 25.5 Å². The molecule has 0 fully saturated rings. The van der Waals surface area contributed by atoms with Crippen molar-refractivity contribution in [2.75, 3.05) is 0 Å². The van der Waals surface area contributed by atoms with Crippen LogP contribution in [0, 0.1) is 0 Å². The van der Waals surface area contributed by atoms with Gasteiger partial charge in [-0.05, 0) is 36.1 Å². The number of nitrogens with two attached hydrogens (primary N) is 1. The Morgan fingerprint density at radius 2 is 2.35 bits per heavy atom. The van der Waals surface area contributed by atoms with Crippen LogP contribution in [-0.2, 0) is 13.0 Å². The maximum absolute atomic E-state index is 5.98. The molecule has 1 atom stereocenters. The number of hydrogen-bond acceptors (Lipinski definition) is 4. The number of fused-ring (bicyclic) bond motifs is 1. The number of ether oxygens (including phenoxy) is 1. The van der Waals surface area contributed by atoms with Crippen LogP contribution in [0.4, 0.5) is 0 Å². The summed E-state index contributed by atoms with van der Waals surface area (Å²) in [5.41, 5.74) is 8.53. The molecule has 0 bridgehead atoms. The Kier molecular flexibility index (Phi) is 2.57. The summed E-state index contributed by atoms with van der Waals surface area (Å²) >= 11 is 0. The predicted molar refractivity (Wildman–Crippen MR) is 62.5 cm³/mol. The zero-order chi connectivity index (χ0) is 11.7. The fourth-order valence-corrected chi connectivity index (χ4v) is 2.19. The summed E-state index contributed by atoms with van der Waals surface area (Å²) in [6.45, 7) is 0.408. The van der Waals surface area contributed by atoms with Gasteiger partial charge >= 0.3 is 0 Å². The minimum Gasteiger partial charge on any atom is -0.486 e. The van der Waals surface area contributed by atoms with Crippen LogP contribution in [0.2, 0.25) is 0 Å². The first-order valence-electron chi connectivity index (χ1n) is 5.74. The van der Waals surface area contributed by atoms with Crippen LogP contribution >= 0.6 is 0 Å². The molecule has 0 spiro atoms. The Balaban J connectivity index is 1.72. The Morgan fingerprint density at radius 1 is 1.41 bits per heavy atom. The Morgan fingerprint density at radius 3 is 3.18 bits per heavy atom. The lowest BCUT2D eigenvalue weighted by Gasteiger charge is -2.08. The normalized spacial score (nSPS) is 18.1. The van der Waals surface area contributed by atoms with Gasteiger partial charge in [0.25, 0.3) is 0 Å². The van der Waals surface area contributed by atoms with Crippen LogP contribution < -0.4 is 10.5 Å². The molecular formula is C13H14N2O2. The highest BCUT2D eigenvalue weighted by Crippen LogP contribution is 2.31. The van der Waals surface area contributed by atoms with Gasteiger partial charge < -0.3 is 15.0 Å². The van der Waals surface area contributed by atoms with Gasteiger partial charge in [-0.2, -0.15) is 0 Å². The minimum atomic E-state index is 0.188. The second-order valence-corrected chi connectivity index (χ2v) is 4.27. The molecular weight excluding hydrogens is 216 g/mol. The van der Waals surface area contributed by atoms with Crippen molar-refractivity contribution in [3.63, 3.8) is 0 Å². The van der Waals surface area contributed by atoms with Gasteiger partial charge in [0.15, 0.2) is 5.76 Å². The highest BCUT2D eigenvalue weighted by atomic mass is 16.5. The number of nitrogens with zero attached hydrogens (tertiary/aromatic N) is 1. The van der Waals surface area contributed by atoms with Gasteiger partial charge in [-0.3, -0.25) is 0 Å². The van der Waals surface area contributed by atoms with E-state index in [0.717, 1.165) is 24.4 Å². The fraction of sp³-hybridized carbons (Fsp3) is 0.308. The Labute approximate surface area is 99.4 Å². The lowest BCUT2D eigenvalue weighted by Crippen LogP contribution is -2.04. The zero-order valence-corrected chi connectivity index (χ0v) is 9.43. The van der Waals surface area contributed by atoms with E-state index in [2.05, 4.69) is 17.3 Å². The average Bonchev–Trinajstić information content (AvgIpc) is 2.97. The largest absolute Gasteiger partial charge is 0.486 e. The summed E-state index contributed by atoms with van der Waals surface area (Å²) in [6, 6.07) is 8.07. The van der Waals surface area contributed by atoms with E-state index < -0.39 is 0 Å². The molecule has 1 aromatic carbocycles. The van der Waals surface area contributed by atoms with Gasteiger partial charge in [-0.25, -0.2) is 0 Å². The highest BCUT2D eigenvalue weighted by molar-refractivity contribution is 5.40. The molecule has 1 aromatic heterocycles. The molecule has 0 amide bonds. The van der Waals surface area contributed by atoms with E-state index in [1.807, 2.05) is 6.07 Å². The molecule has 88 valence electrons. The third kappa shape index (κ3) is 2.03. The summed E-state index contributed by atoms with van der Waals surface area (Å²) in [7, 11) is 0. The SMILES string of the molecule is N[C@@H]1CCc2cc(OCc3ccno3)ccc21. The molecule has 1 aliphatic carbocycles. The Bertz CT molecular complexity index is 508. The molecule has 17 heavy (non-hydrogen) atoms. The first-order chi connectivity index (χ1) is 8.33. The van der Waals surface area contributed by atoms with Crippen molar-refractivity contribution in [2.24, 2.45) is 5.73 Å². The summed E-state index contributed by atoms with van der Waals surface area (Å²) in [5, 5.41) is 3.63. The van der Waals surface area contributed by atoms with Crippen molar-refractivity contribution in [1.82, 2.24) is 5.16 Å². The Hall–Kier alpha value is -1.81. The van der Waals surface area contributed by atoms with Crippen molar-refractivity contribution >= 4 is 0 Å². The molecule has 4 nitrogen and oxygen atoms in total. The average molecular weight is 230 g/mol. The predicted octanol–water partition coefficient (Wildman–Crippen LogP) is 2.20. The van der Waals surface area contributed by atoms with Crippen molar-refractivity contribution in [3.8, 4) is 5.75 Å². The van der Waals surface area contributed by atoms with E-state index in [-0.39, 0.29) is 6.04 Å². The van der Waals surface area contributed by atoms with Crippen LogP contribution in [0.3, 0.4) is 0 Å². The summed E-state index contributed by atoms with van der Waals surface area (Å²) in [4.78, 5) is 0. The zero-order valence-electron chi connectivity index (χ0n) is 9.43. The number of aromatic nitrogens is 1.